The lowest BCUT2D eigenvalue weighted by atomic mass is 10.1. The third-order valence-electron chi connectivity index (χ3n) is 4.10. The van der Waals surface area contributed by atoms with Gasteiger partial charge in [0.25, 0.3) is 0 Å². The summed E-state index contributed by atoms with van der Waals surface area (Å²) in [7, 11) is 0. The largest absolute Gasteiger partial charge is 0.378 e. The Labute approximate surface area is 122 Å². The van der Waals surface area contributed by atoms with Crippen molar-refractivity contribution in [2.24, 2.45) is 5.92 Å². The van der Waals surface area contributed by atoms with Gasteiger partial charge in [-0.1, -0.05) is 5.16 Å². The van der Waals surface area contributed by atoms with Crippen LogP contribution in [0.5, 0.6) is 0 Å². The molecular formula is C14H19N3O4. The molecule has 7 heteroatoms. The molecule has 1 N–H and O–H groups in total. The Morgan fingerprint density at radius 3 is 2.90 bits per heavy atom. The van der Waals surface area contributed by atoms with Gasteiger partial charge in [0.1, 0.15) is 5.76 Å². The van der Waals surface area contributed by atoms with Crippen LogP contribution in [-0.2, 0) is 20.7 Å². The molecule has 0 aromatic carbocycles. The number of amides is 2. The third-order valence-corrected chi connectivity index (χ3v) is 4.10. The molecule has 2 saturated heterocycles. The van der Waals surface area contributed by atoms with Crippen molar-refractivity contribution in [2.75, 3.05) is 26.3 Å². The zero-order chi connectivity index (χ0) is 15.0. The van der Waals surface area contributed by atoms with E-state index < -0.39 is 0 Å². The summed E-state index contributed by atoms with van der Waals surface area (Å²) < 4.78 is 10.6. The fourth-order valence-electron chi connectivity index (χ4n) is 2.85. The predicted octanol–water partition coefficient (Wildman–Crippen LogP) is -0.193. The maximum absolute atomic E-state index is 12.5. The van der Waals surface area contributed by atoms with E-state index >= 15 is 0 Å². The van der Waals surface area contributed by atoms with Gasteiger partial charge in [-0.2, -0.15) is 0 Å². The highest BCUT2D eigenvalue weighted by atomic mass is 16.5. The van der Waals surface area contributed by atoms with Crippen LogP contribution in [0.3, 0.4) is 0 Å². The highest BCUT2D eigenvalue weighted by Crippen LogP contribution is 2.18. The Morgan fingerprint density at radius 2 is 2.19 bits per heavy atom. The van der Waals surface area contributed by atoms with Gasteiger partial charge in [-0.15, -0.1) is 0 Å². The van der Waals surface area contributed by atoms with E-state index in [1.54, 1.807) is 11.8 Å². The molecule has 3 heterocycles. The first kappa shape index (κ1) is 14.1. The topological polar surface area (TPSA) is 84.7 Å². The van der Waals surface area contributed by atoms with Gasteiger partial charge in [0.15, 0.2) is 0 Å². The second-order valence-electron chi connectivity index (χ2n) is 5.72. The van der Waals surface area contributed by atoms with Crippen molar-refractivity contribution in [1.82, 2.24) is 15.4 Å². The van der Waals surface area contributed by atoms with Gasteiger partial charge in [-0.05, 0) is 13.8 Å². The normalized spacial score (nSPS) is 25.4. The lowest BCUT2D eigenvalue weighted by molar-refractivity contribution is -0.133. The Kier molecular flexibility index (Phi) is 3.67. The Hall–Kier alpha value is -1.89. The number of aromatic nitrogens is 1. The fourth-order valence-corrected chi connectivity index (χ4v) is 2.85. The molecule has 1 aromatic heterocycles. The minimum Gasteiger partial charge on any atom is -0.378 e. The highest BCUT2D eigenvalue weighted by molar-refractivity contribution is 5.83. The summed E-state index contributed by atoms with van der Waals surface area (Å²) in [5.41, 5.74) is 1.58. The first-order chi connectivity index (χ1) is 10.0. The van der Waals surface area contributed by atoms with E-state index in [-0.39, 0.29) is 30.2 Å². The average Bonchev–Trinajstić information content (AvgIpc) is 2.61. The Morgan fingerprint density at radius 1 is 1.38 bits per heavy atom. The quantitative estimate of drug-likeness (QED) is 0.817. The van der Waals surface area contributed by atoms with Gasteiger partial charge in [0, 0.05) is 18.7 Å². The molecule has 114 valence electrons. The number of carbonyl (C=O) groups excluding carboxylic acids is 2. The van der Waals surface area contributed by atoms with Crippen LogP contribution in [-0.4, -0.2) is 54.2 Å². The first-order valence-electron chi connectivity index (χ1n) is 7.12. The molecule has 0 saturated carbocycles. The van der Waals surface area contributed by atoms with E-state index in [4.69, 9.17) is 9.26 Å². The minimum absolute atomic E-state index is 0.00204. The number of carbonyl (C=O) groups is 2. The predicted molar refractivity (Wildman–Crippen MR) is 72.5 cm³/mol. The van der Waals surface area contributed by atoms with Crippen LogP contribution in [0, 0.1) is 19.8 Å². The molecule has 2 fully saturated rings. The molecule has 21 heavy (non-hydrogen) atoms. The lowest BCUT2D eigenvalue weighted by Gasteiger charge is -2.27. The van der Waals surface area contributed by atoms with Crippen molar-refractivity contribution >= 4 is 11.8 Å². The van der Waals surface area contributed by atoms with Crippen molar-refractivity contribution in [3.05, 3.63) is 17.0 Å². The second-order valence-corrected chi connectivity index (χ2v) is 5.72. The van der Waals surface area contributed by atoms with E-state index in [0.717, 1.165) is 11.3 Å². The summed E-state index contributed by atoms with van der Waals surface area (Å²) in [5, 5.41) is 6.79. The maximum atomic E-state index is 12.5. The van der Waals surface area contributed by atoms with Gasteiger partial charge >= 0.3 is 0 Å². The Bertz CT molecular complexity index is 549. The van der Waals surface area contributed by atoms with Crippen molar-refractivity contribution in [1.29, 1.82) is 0 Å². The van der Waals surface area contributed by atoms with Gasteiger partial charge in [-0.25, -0.2) is 0 Å². The highest BCUT2D eigenvalue weighted by Gasteiger charge is 2.35. The monoisotopic (exact) mass is 293 g/mol. The van der Waals surface area contributed by atoms with E-state index in [9.17, 15) is 9.59 Å². The van der Waals surface area contributed by atoms with E-state index in [1.807, 2.05) is 6.92 Å². The fraction of sp³-hybridized carbons (Fsp3) is 0.643. The number of hydrogen-bond acceptors (Lipinski definition) is 5. The van der Waals surface area contributed by atoms with Crippen molar-refractivity contribution in [3.63, 3.8) is 0 Å². The molecule has 1 aromatic rings. The summed E-state index contributed by atoms with van der Waals surface area (Å²) in [6, 6.07) is -0.126. The van der Waals surface area contributed by atoms with Crippen molar-refractivity contribution < 1.29 is 18.8 Å². The van der Waals surface area contributed by atoms with Gasteiger partial charge in [0.2, 0.25) is 11.8 Å². The van der Waals surface area contributed by atoms with Crippen LogP contribution in [0.25, 0.3) is 0 Å². The molecule has 2 bridgehead atoms. The van der Waals surface area contributed by atoms with Crippen molar-refractivity contribution in [2.45, 2.75) is 26.3 Å². The molecule has 0 aliphatic carbocycles. The average molecular weight is 293 g/mol. The first-order valence-corrected chi connectivity index (χ1v) is 7.12. The molecule has 0 unspecified atom stereocenters. The molecular weight excluding hydrogens is 274 g/mol. The van der Waals surface area contributed by atoms with Crippen molar-refractivity contribution in [3.8, 4) is 0 Å². The SMILES string of the molecule is Cc1noc(C)c1CC(=O)N1C[C@H]2COC[C@@H](C1)C(=O)N2. The van der Waals surface area contributed by atoms with E-state index in [1.165, 1.54) is 0 Å². The van der Waals surface area contributed by atoms with Crippen LogP contribution in [0.15, 0.2) is 4.52 Å². The van der Waals surface area contributed by atoms with Crippen LogP contribution in [0.4, 0.5) is 0 Å². The molecule has 2 aliphatic heterocycles. The van der Waals surface area contributed by atoms with Gasteiger partial charge < -0.3 is 19.5 Å². The molecule has 2 aliphatic rings. The number of rotatable bonds is 2. The number of aryl methyl sites for hydroxylation is 2. The summed E-state index contributed by atoms with van der Waals surface area (Å²) in [6.45, 7) is 5.36. The van der Waals surface area contributed by atoms with Crippen LogP contribution in [0.2, 0.25) is 0 Å². The van der Waals surface area contributed by atoms with Gasteiger partial charge in [-0.3, -0.25) is 9.59 Å². The van der Waals surface area contributed by atoms with E-state index in [0.29, 0.717) is 32.1 Å². The summed E-state index contributed by atoms with van der Waals surface area (Å²) in [4.78, 5) is 26.2. The zero-order valence-corrected chi connectivity index (χ0v) is 12.2. The van der Waals surface area contributed by atoms with Gasteiger partial charge in [0.05, 0.1) is 37.3 Å². The number of nitrogens with one attached hydrogen (secondary N) is 1. The molecule has 0 spiro atoms. The standard InChI is InChI=1S/C14H19N3O4/c1-8-12(9(2)21-16-8)3-13(18)17-4-10-6-20-7-11(5-17)15-14(10)19/h10-11H,3-7H2,1-2H3,(H,15,19)/t10-,11+/m1/s1. The molecule has 0 radical (unpaired) electrons. The van der Waals surface area contributed by atoms with Crippen LogP contribution in [0.1, 0.15) is 17.0 Å². The number of nitrogens with zero attached hydrogens (tertiary/aromatic N) is 2. The molecule has 2 amide bonds. The molecule has 3 rings (SSSR count). The number of fused-ring (bicyclic) bond motifs is 3. The minimum atomic E-state index is -0.286. The third kappa shape index (κ3) is 2.78. The molecule has 2 atom stereocenters. The number of ether oxygens (including phenoxy) is 1. The summed E-state index contributed by atoms with van der Waals surface area (Å²) in [5.74, 6) is 0.363. The second kappa shape index (κ2) is 5.48. The van der Waals surface area contributed by atoms with Crippen LogP contribution >= 0.6 is 0 Å². The Balaban J connectivity index is 1.74. The smallest absolute Gasteiger partial charge is 0.227 e. The van der Waals surface area contributed by atoms with Crippen LogP contribution < -0.4 is 5.32 Å². The lowest BCUT2D eigenvalue weighted by Crippen LogP contribution is -2.45. The summed E-state index contributed by atoms with van der Waals surface area (Å²) >= 11 is 0. The molecule has 7 nitrogen and oxygen atoms in total. The summed E-state index contributed by atoms with van der Waals surface area (Å²) in [6.07, 6.45) is 0.260. The maximum Gasteiger partial charge on any atom is 0.227 e. The zero-order valence-electron chi connectivity index (χ0n) is 12.2. The number of hydrogen-bond donors (Lipinski definition) is 1. The van der Waals surface area contributed by atoms with E-state index in [2.05, 4.69) is 10.5 Å².